The number of hydrogen-bond acceptors (Lipinski definition) is 4. The Hall–Kier alpha value is -2.50. The summed E-state index contributed by atoms with van der Waals surface area (Å²) < 4.78 is 0. The molecule has 0 atom stereocenters. The second kappa shape index (κ2) is 7.81. The van der Waals surface area contributed by atoms with Crippen LogP contribution in [-0.4, -0.2) is 21.2 Å². The third-order valence-electron chi connectivity index (χ3n) is 3.93. The molecule has 4 nitrogen and oxygen atoms in total. The first-order chi connectivity index (χ1) is 12.5. The number of rotatable bonds is 5. The maximum absolute atomic E-state index is 12.6. The maximum Gasteiger partial charge on any atom is 0.293 e. The first-order valence-electron chi connectivity index (χ1n) is 7.91. The van der Waals surface area contributed by atoms with Crippen molar-refractivity contribution >= 4 is 40.6 Å². The van der Waals surface area contributed by atoms with E-state index < -0.39 is 0 Å². The zero-order valence-electron chi connectivity index (χ0n) is 13.8. The van der Waals surface area contributed by atoms with Crippen LogP contribution < -0.4 is 0 Å². The molecule has 0 aliphatic carbocycles. The third kappa shape index (κ3) is 3.84. The molecule has 1 heterocycles. The number of phenolic OH excluding ortho intramolecular Hbond substituents is 1. The smallest absolute Gasteiger partial charge is 0.293 e. The first kappa shape index (κ1) is 18.3. The quantitative estimate of drug-likeness (QED) is 0.580. The highest BCUT2D eigenvalue weighted by molar-refractivity contribution is 8.18. The number of phenols is 1. The summed E-state index contributed by atoms with van der Waals surface area (Å²) in [5.41, 5.74) is 2.03. The van der Waals surface area contributed by atoms with Crippen LogP contribution in [0, 0.1) is 0 Å². The van der Waals surface area contributed by atoms with Crippen molar-refractivity contribution in [2.45, 2.75) is 13.0 Å². The number of hydrogen-bond donors (Lipinski definition) is 1. The summed E-state index contributed by atoms with van der Waals surface area (Å²) in [6, 6.07) is 12.3. The maximum atomic E-state index is 12.6. The number of aromatic hydroxyl groups is 1. The van der Waals surface area contributed by atoms with Gasteiger partial charge in [0, 0.05) is 10.6 Å². The summed E-state index contributed by atoms with van der Waals surface area (Å²) in [5, 5.41) is 10.6. The van der Waals surface area contributed by atoms with Crippen molar-refractivity contribution < 1.29 is 14.7 Å². The van der Waals surface area contributed by atoms with E-state index in [-0.39, 0.29) is 28.3 Å². The van der Waals surface area contributed by atoms with Crippen LogP contribution in [0.25, 0.3) is 6.08 Å². The lowest BCUT2D eigenvalue weighted by molar-refractivity contribution is -0.123. The number of amides is 2. The van der Waals surface area contributed by atoms with Crippen LogP contribution in [0.2, 0.25) is 5.02 Å². The van der Waals surface area contributed by atoms with E-state index in [1.807, 2.05) is 0 Å². The van der Waals surface area contributed by atoms with Gasteiger partial charge in [-0.15, -0.1) is 6.58 Å². The van der Waals surface area contributed by atoms with E-state index in [1.165, 1.54) is 4.90 Å². The lowest BCUT2D eigenvalue weighted by atomic mass is 10.1. The van der Waals surface area contributed by atoms with E-state index in [1.54, 1.807) is 54.6 Å². The molecule has 2 amide bonds. The number of imide groups is 1. The normalized spacial score (nSPS) is 15.7. The largest absolute Gasteiger partial charge is 0.507 e. The Bertz CT molecular complexity index is 906. The monoisotopic (exact) mass is 385 g/mol. The number of benzene rings is 2. The highest BCUT2D eigenvalue weighted by Gasteiger charge is 2.35. The van der Waals surface area contributed by atoms with E-state index in [4.69, 9.17) is 11.6 Å². The number of para-hydroxylation sites is 1. The molecule has 2 aromatic rings. The highest BCUT2D eigenvalue weighted by atomic mass is 35.5. The molecule has 2 aromatic carbocycles. The van der Waals surface area contributed by atoms with Crippen LogP contribution in [0.1, 0.15) is 16.7 Å². The molecule has 26 heavy (non-hydrogen) atoms. The van der Waals surface area contributed by atoms with Crippen molar-refractivity contribution in [2.24, 2.45) is 0 Å². The van der Waals surface area contributed by atoms with Crippen molar-refractivity contribution in [3.8, 4) is 5.75 Å². The van der Waals surface area contributed by atoms with Gasteiger partial charge in [-0.3, -0.25) is 14.5 Å². The highest BCUT2D eigenvalue weighted by Crippen LogP contribution is 2.35. The first-order valence-corrected chi connectivity index (χ1v) is 9.10. The van der Waals surface area contributed by atoms with Crippen molar-refractivity contribution in [2.75, 3.05) is 0 Å². The molecule has 0 saturated carbocycles. The van der Waals surface area contributed by atoms with E-state index >= 15 is 0 Å². The minimum atomic E-state index is -0.372. The van der Waals surface area contributed by atoms with E-state index in [2.05, 4.69) is 6.58 Å². The van der Waals surface area contributed by atoms with Gasteiger partial charge in [0.25, 0.3) is 11.1 Å². The molecule has 0 unspecified atom stereocenters. The molecule has 1 fully saturated rings. The van der Waals surface area contributed by atoms with Crippen LogP contribution in [0.3, 0.4) is 0 Å². The van der Waals surface area contributed by atoms with E-state index in [0.717, 1.165) is 17.3 Å². The van der Waals surface area contributed by atoms with E-state index in [0.29, 0.717) is 22.6 Å². The second-order valence-electron chi connectivity index (χ2n) is 5.74. The summed E-state index contributed by atoms with van der Waals surface area (Å²) in [7, 11) is 0. The Labute approximate surface area is 160 Å². The molecule has 0 radical (unpaired) electrons. The van der Waals surface area contributed by atoms with Crippen molar-refractivity contribution in [1.29, 1.82) is 0 Å². The number of nitrogens with zero attached hydrogens (tertiary/aromatic N) is 1. The lowest BCUT2D eigenvalue weighted by Gasteiger charge is -2.12. The van der Waals surface area contributed by atoms with Gasteiger partial charge in [-0.2, -0.15) is 0 Å². The molecule has 0 spiro atoms. The van der Waals surface area contributed by atoms with Crippen LogP contribution >= 0.6 is 23.4 Å². The molecule has 1 aliphatic rings. The van der Waals surface area contributed by atoms with Gasteiger partial charge in [0.1, 0.15) is 5.75 Å². The molecule has 1 saturated heterocycles. The average molecular weight is 386 g/mol. The third-order valence-corrected chi connectivity index (χ3v) is 5.09. The topological polar surface area (TPSA) is 57.6 Å². The summed E-state index contributed by atoms with van der Waals surface area (Å²) in [6.45, 7) is 3.85. The molecule has 132 valence electrons. The summed E-state index contributed by atoms with van der Waals surface area (Å²) in [4.78, 5) is 26.3. The fourth-order valence-electron chi connectivity index (χ4n) is 2.60. The fraction of sp³-hybridized carbons (Fsp3) is 0.100. The minimum Gasteiger partial charge on any atom is -0.507 e. The summed E-state index contributed by atoms with van der Waals surface area (Å²) in [5.74, 6) is -0.277. The van der Waals surface area contributed by atoms with Gasteiger partial charge >= 0.3 is 0 Å². The number of carbonyl (C=O) groups excluding carboxylic acids is 2. The lowest BCUT2D eigenvalue weighted by Crippen LogP contribution is -2.27. The summed E-state index contributed by atoms with van der Waals surface area (Å²) >= 11 is 6.73. The predicted molar refractivity (Wildman–Crippen MR) is 105 cm³/mol. The Balaban J connectivity index is 1.84. The molecule has 0 bridgehead atoms. The molecular formula is C20H16ClNO3S. The number of thioether (sulfide) groups is 1. The zero-order chi connectivity index (χ0) is 18.7. The van der Waals surface area contributed by atoms with E-state index in [9.17, 15) is 14.7 Å². The molecule has 3 rings (SSSR count). The molecule has 0 aromatic heterocycles. The van der Waals surface area contributed by atoms with Gasteiger partial charge in [0.2, 0.25) is 0 Å². The standard InChI is InChI=1S/C20H16ClNO3S/c1-2-4-14-5-3-6-15(18(14)23)11-17-19(24)22(20(25)26-17)12-13-7-9-16(21)10-8-13/h2-3,5-11,23H,1,4,12H2/b17-11+. The Morgan fingerprint density at radius 3 is 2.58 bits per heavy atom. The van der Waals surface area contributed by atoms with Crippen LogP contribution in [0.4, 0.5) is 4.79 Å². The Kier molecular flexibility index (Phi) is 5.49. The van der Waals surface area contributed by atoms with Gasteiger partial charge in [0.05, 0.1) is 11.4 Å². The van der Waals surface area contributed by atoms with Crippen LogP contribution in [-0.2, 0) is 17.8 Å². The van der Waals surface area contributed by atoms with Gasteiger partial charge in [-0.05, 0) is 47.5 Å². The molecule has 1 aliphatic heterocycles. The molecular weight excluding hydrogens is 370 g/mol. The summed E-state index contributed by atoms with van der Waals surface area (Å²) in [6.07, 6.45) is 3.76. The van der Waals surface area contributed by atoms with Crippen LogP contribution in [0.5, 0.6) is 5.75 Å². The second-order valence-corrected chi connectivity index (χ2v) is 7.17. The Morgan fingerprint density at radius 2 is 1.88 bits per heavy atom. The average Bonchev–Trinajstić information content (AvgIpc) is 2.88. The predicted octanol–water partition coefficient (Wildman–Crippen LogP) is 5.01. The van der Waals surface area contributed by atoms with Crippen molar-refractivity contribution in [3.63, 3.8) is 0 Å². The number of allylic oxidation sites excluding steroid dienone is 1. The zero-order valence-corrected chi connectivity index (χ0v) is 15.4. The van der Waals surface area contributed by atoms with Gasteiger partial charge in [-0.25, -0.2) is 0 Å². The molecule has 6 heteroatoms. The fourth-order valence-corrected chi connectivity index (χ4v) is 3.55. The minimum absolute atomic E-state index is 0.0944. The number of carbonyl (C=O) groups is 2. The van der Waals surface area contributed by atoms with Gasteiger partial charge in [0.15, 0.2) is 0 Å². The van der Waals surface area contributed by atoms with Gasteiger partial charge < -0.3 is 5.11 Å². The van der Waals surface area contributed by atoms with Crippen molar-refractivity contribution in [3.05, 3.63) is 81.7 Å². The Morgan fingerprint density at radius 1 is 1.15 bits per heavy atom. The molecule has 1 N–H and O–H groups in total. The van der Waals surface area contributed by atoms with Crippen LogP contribution in [0.15, 0.2) is 60.0 Å². The van der Waals surface area contributed by atoms with Crippen molar-refractivity contribution in [1.82, 2.24) is 4.90 Å². The van der Waals surface area contributed by atoms with Gasteiger partial charge in [-0.1, -0.05) is 48.0 Å². The SMILES string of the molecule is C=CCc1cccc(/C=C2/SC(=O)N(Cc3ccc(Cl)cc3)C2=O)c1O. The number of halogens is 1.